The maximum Gasteiger partial charge on any atom is 0.416 e. The van der Waals surface area contributed by atoms with Gasteiger partial charge in [-0.3, -0.25) is 0 Å². The van der Waals surface area contributed by atoms with E-state index < -0.39 is 17.8 Å². The second kappa shape index (κ2) is 4.09. The molecule has 0 spiro atoms. The molecule has 1 fully saturated rings. The summed E-state index contributed by atoms with van der Waals surface area (Å²) in [6.45, 7) is 0. The van der Waals surface area contributed by atoms with Crippen LogP contribution in [-0.4, -0.2) is 5.11 Å². The number of halogens is 3. The van der Waals surface area contributed by atoms with Crippen LogP contribution in [0.1, 0.15) is 36.5 Å². The van der Waals surface area contributed by atoms with Crippen molar-refractivity contribution in [3.05, 3.63) is 35.4 Å². The van der Waals surface area contributed by atoms with Crippen LogP contribution in [-0.2, 0) is 6.18 Å². The summed E-state index contributed by atoms with van der Waals surface area (Å²) in [5.41, 5.74) is -0.718. The average molecular weight is 230 g/mol. The monoisotopic (exact) mass is 230 g/mol. The molecule has 1 nitrogen and oxygen atoms in total. The van der Waals surface area contributed by atoms with Crippen LogP contribution in [0, 0.1) is 5.92 Å². The molecule has 0 aliphatic heterocycles. The summed E-state index contributed by atoms with van der Waals surface area (Å²) in [5.74, 6) is 0.399. The predicted molar refractivity (Wildman–Crippen MR) is 53.7 cm³/mol. The molecule has 0 bridgehead atoms. The zero-order chi connectivity index (χ0) is 11.8. The molecule has 1 saturated carbocycles. The minimum absolute atomic E-state index is 0.00176. The summed E-state index contributed by atoms with van der Waals surface area (Å²) < 4.78 is 38.0. The van der Waals surface area contributed by atoms with E-state index in [4.69, 9.17) is 0 Å². The fraction of sp³-hybridized carbons (Fsp3) is 0.500. The highest BCUT2D eigenvalue weighted by Crippen LogP contribution is 2.41. The van der Waals surface area contributed by atoms with Crippen LogP contribution < -0.4 is 0 Å². The van der Waals surface area contributed by atoms with Crippen LogP contribution in [0.3, 0.4) is 0 Å². The standard InChI is InChI=1S/C12H13F3O/c13-12(14,15)10-4-2-1-3-9(10)11(16)7-8-5-6-8/h1-4,8,11,16H,5-7H2. The normalized spacial score (nSPS) is 18.5. The Kier molecular flexibility index (Phi) is 2.93. The summed E-state index contributed by atoms with van der Waals surface area (Å²) in [5, 5.41) is 9.78. The van der Waals surface area contributed by atoms with Crippen molar-refractivity contribution in [3.63, 3.8) is 0 Å². The smallest absolute Gasteiger partial charge is 0.388 e. The van der Waals surface area contributed by atoms with Crippen molar-refractivity contribution in [1.82, 2.24) is 0 Å². The molecular weight excluding hydrogens is 217 g/mol. The summed E-state index contributed by atoms with van der Waals surface area (Å²) in [6, 6.07) is 5.25. The molecule has 0 saturated heterocycles. The SMILES string of the molecule is OC(CC1CC1)c1ccccc1C(F)(F)F. The molecule has 1 aliphatic carbocycles. The first-order chi connectivity index (χ1) is 7.48. The van der Waals surface area contributed by atoms with Crippen LogP contribution in [0.5, 0.6) is 0 Å². The van der Waals surface area contributed by atoms with Gasteiger partial charge >= 0.3 is 6.18 Å². The Morgan fingerprint density at radius 2 is 1.88 bits per heavy atom. The van der Waals surface area contributed by atoms with Gasteiger partial charge in [0.2, 0.25) is 0 Å². The minimum Gasteiger partial charge on any atom is -0.388 e. The van der Waals surface area contributed by atoms with Crippen molar-refractivity contribution < 1.29 is 18.3 Å². The van der Waals surface area contributed by atoms with Crippen LogP contribution in [0.2, 0.25) is 0 Å². The summed E-state index contributed by atoms with van der Waals surface area (Å²) in [4.78, 5) is 0. The molecule has 0 aromatic heterocycles. The number of alkyl halides is 3. The van der Waals surface area contributed by atoms with Crippen LogP contribution in [0.15, 0.2) is 24.3 Å². The van der Waals surface area contributed by atoms with Gasteiger partial charge in [0.1, 0.15) is 0 Å². The van der Waals surface area contributed by atoms with Crippen LogP contribution in [0.4, 0.5) is 13.2 Å². The molecule has 2 rings (SSSR count). The van der Waals surface area contributed by atoms with Gasteiger partial charge < -0.3 is 5.11 Å². The third-order valence-electron chi connectivity index (χ3n) is 2.88. The molecule has 1 aromatic rings. The molecule has 0 heterocycles. The first kappa shape index (κ1) is 11.5. The fourth-order valence-electron chi connectivity index (χ4n) is 1.84. The lowest BCUT2D eigenvalue weighted by molar-refractivity contribution is -0.139. The van der Waals surface area contributed by atoms with Gasteiger partial charge in [0.15, 0.2) is 0 Å². The quantitative estimate of drug-likeness (QED) is 0.842. The van der Waals surface area contributed by atoms with Gasteiger partial charge in [-0.05, 0) is 24.0 Å². The molecule has 1 aromatic carbocycles. The lowest BCUT2D eigenvalue weighted by Crippen LogP contribution is -2.12. The van der Waals surface area contributed by atoms with Gasteiger partial charge in [-0.1, -0.05) is 31.0 Å². The Hall–Kier alpha value is -1.03. The second-order valence-electron chi connectivity index (χ2n) is 4.28. The van der Waals surface area contributed by atoms with Crippen LogP contribution >= 0.6 is 0 Å². The van der Waals surface area contributed by atoms with Gasteiger partial charge in [0.25, 0.3) is 0 Å². The first-order valence-corrected chi connectivity index (χ1v) is 5.32. The highest BCUT2D eigenvalue weighted by atomic mass is 19.4. The van der Waals surface area contributed by atoms with E-state index in [1.807, 2.05) is 0 Å². The van der Waals surface area contributed by atoms with E-state index in [1.54, 1.807) is 0 Å². The van der Waals surface area contributed by atoms with Gasteiger partial charge in [-0.25, -0.2) is 0 Å². The van der Waals surface area contributed by atoms with Crippen molar-refractivity contribution in [2.75, 3.05) is 0 Å². The van der Waals surface area contributed by atoms with E-state index >= 15 is 0 Å². The second-order valence-corrected chi connectivity index (χ2v) is 4.28. The molecule has 1 N–H and O–H groups in total. The van der Waals surface area contributed by atoms with E-state index in [0.29, 0.717) is 12.3 Å². The third-order valence-corrected chi connectivity index (χ3v) is 2.88. The van der Waals surface area contributed by atoms with E-state index in [9.17, 15) is 18.3 Å². The highest BCUT2D eigenvalue weighted by molar-refractivity contribution is 5.31. The number of benzene rings is 1. The fourth-order valence-corrected chi connectivity index (χ4v) is 1.84. The third kappa shape index (κ3) is 2.55. The van der Waals surface area contributed by atoms with Crippen molar-refractivity contribution in [3.8, 4) is 0 Å². The van der Waals surface area contributed by atoms with E-state index in [2.05, 4.69) is 0 Å². The Morgan fingerprint density at radius 3 is 2.44 bits per heavy atom. The van der Waals surface area contributed by atoms with Crippen molar-refractivity contribution in [1.29, 1.82) is 0 Å². The number of hydrogen-bond acceptors (Lipinski definition) is 1. The first-order valence-electron chi connectivity index (χ1n) is 5.32. The molecule has 0 radical (unpaired) electrons. The van der Waals surface area contributed by atoms with Gasteiger partial charge in [0.05, 0.1) is 11.7 Å². The average Bonchev–Trinajstić information content (AvgIpc) is 3.00. The van der Waals surface area contributed by atoms with Gasteiger partial charge in [-0.15, -0.1) is 0 Å². The summed E-state index contributed by atoms with van der Waals surface area (Å²) in [7, 11) is 0. The van der Waals surface area contributed by atoms with E-state index in [0.717, 1.165) is 18.9 Å². The molecule has 88 valence electrons. The Bertz CT molecular complexity index is 369. The number of aliphatic hydroxyl groups is 1. The van der Waals surface area contributed by atoms with Crippen molar-refractivity contribution in [2.24, 2.45) is 5.92 Å². The summed E-state index contributed by atoms with van der Waals surface area (Å²) >= 11 is 0. The lowest BCUT2D eigenvalue weighted by atomic mass is 9.98. The zero-order valence-electron chi connectivity index (χ0n) is 8.67. The molecular formula is C12H13F3O. The zero-order valence-corrected chi connectivity index (χ0v) is 8.67. The molecule has 0 amide bonds. The maximum absolute atomic E-state index is 12.7. The topological polar surface area (TPSA) is 20.2 Å². The molecule has 4 heteroatoms. The largest absolute Gasteiger partial charge is 0.416 e. The Morgan fingerprint density at radius 1 is 1.25 bits per heavy atom. The van der Waals surface area contributed by atoms with E-state index in [-0.39, 0.29) is 5.56 Å². The summed E-state index contributed by atoms with van der Waals surface area (Å²) in [6.07, 6.45) is -2.91. The minimum atomic E-state index is -4.39. The molecule has 16 heavy (non-hydrogen) atoms. The maximum atomic E-state index is 12.7. The van der Waals surface area contributed by atoms with Gasteiger partial charge in [-0.2, -0.15) is 13.2 Å². The predicted octanol–water partition coefficient (Wildman–Crippen LogP) is 3.54. The highest BCUT2D eigenvalue weighted by Gasteiger charge is 2.35. The number of aliphatic hydroxyl groups excluding tert-OH is 1. The number of hydrogen-bond donors (Lipinski definition) is 1. The van der Waals surface area contributed by atoms with Crippen molar-refractivity contribution in [2.45, 2.75) is 31.5 Å². The van der Waals surface area contributed by atoms with E-state index in [1.165, 1.54) is 18.2 Å². The number of rotatable bonds is 3. The molecule has 1 aliphatic rings. The van der Waals surface area contributed by atoms with Crippen molar-refractivity contribution >= 4 is 0 Å². The Labute approximate surface area is 91.9 Å². The Balaban J connectivity index is 2.24. The molecule has 1 atom stereocenters. The molecule has 1 unspecified atom stereocenters. The van der Waals surface area contributed by atoms with Gasteiger partial charge in [0, 0.05) is 0 Å². The lowest BCUT2D eigenvalue weighted by Gasteiger charge is -2.17. The van der Waals surface area contributed by atoms with Crippen LogP contribution in [0.25, 0.3) is 0 Å².